The Morgan fingerprint density at radius 1 is 1.22 bits per heavy atom. The van der Waals surface area contributed by atoms with E-state index in [1.54, 1.807) is 27.0 Å². The summed E-state index contributed by atoms with van der Waals surface area (Å²) in [6, 6.07) is 9.82. The molecule has 174 valence electrons. The number of nitrogens with one attached hydrogen (secondary N) is 2. The van der Waals surface area contributed by atoms with Crippen LogP contribution in [-0.4, -0.2) is 59.6 Å². The molecule has 2 amide bonds. The number of nitrogens with zero attached hydrogens (tertiary/aromatic N) is 2. The highest BCUT2D eigenvalue weighted by Gasteiger charge is 2.23. The molecule has 0 radical (unpaired) electrons. The topological polar surface area (TPSA) is 96.7 Å². The van der Waals surface area contributed by atoms with Crippen molar-refractivity contribution < 1.29 is 18.8 Å². The van der Waals surface area contributed by atoms with Crippen LogP contribution >= 0.6 is 11.8 Å². The normalized spacial score (nSPS) is 16.2. The lowest BCUT2D eigenvalue weighted by Gasteiger charge is -2.35. The van der Waals surface area contributed by atoms with Gasteiger partial charge in [0.05, 0.1) is 24.2 Å². The van der Waals surface area contributed by atoms with E-state index in [1.165, 1.54) is 31.0 Å². The number of aromatic nitrogens is 1. The SMILES string of the molecule is COc1ccc([C@H](CNC(=O)CS[C@@H](C)C(=O)Nc2cc(C)on2)N2CCCCC2)cc1. The first-order valence-electron chi connectivity index (χ1n) is 11.0. The van der Waals surface area contributed by atoms with E-state index in [1.807, 2.05) is 12.1 Å². The quantitative estimate of drug-likeness (QED) is 0.561. The first kappa shape index (κ1) is 24.1. The Balaban J connectivity index is 1.50. The van der Waals surface area contributed by atoms with E-state index < -0.39 is 5.25 Å². The molecule has 2 atom stereocenters. The molecule has 8 nitrogen and oxygen atoms in total. The third kappa shape index (κ3) is 7.00. The smallest absolute Gasteiger partial charge is 0.238 e. The van der Waals surface area contributed by atoms with Gasteiger partial charge in [-0.2, -0.15) is 0 Å². The molecular formula is C23H32N4O4S. The van der Waals surface area contributed by atoms with Crippen molar-refractivity contribution in [2.45, 2.75) is 44.4 Å². The van der Waals surface area contributed by atoms with Gasteiger partial charge in [-0.3, -0.25) is 14.5 Å². The second-order valence-corrected chi connectivity index (χ2v) is 9.28. The van der Waals surface area contributed by atoms with Crippen LogP contribution in [0.4, 0.5) is 5.82 Å². The molecule has 1 aliphatic heterocycles. The molecule has 3 rings (SSSR count). The largest absolute Gasteiger partial charge is 0.497 e. The minimum atomic E-state index is -0.391. The molecule has 32 heavy (non-hydrogen) atoms. The number of anilines is 1. The molecule has 1 aromatic heterocycles. The predicted molar refractivity (Wildman–Crippen MR) is 126 cm³/mol. The highest BCUT2D eigenvalue weighted by molar-refractivity contribution is 8.01. The fourth-order valence-electron chi connectivity index (χ4n) is 3.70. The van der Waals surface area contributed by atoms with Crippen molar-refractivity contribution >= 4 is 29.4 Å². The van der Waals surface area contributed by atoms with Crippen molar-refractivity contribution in [2.24, 2.45) is 0 Å². The summed E-state index contributed by atoms with van der Waals surface area (Å²) in [4.78, 5) is 27.2. The fraction of sp³-hybridized carbons (Fsp3) is 0.522. The van der Waals surface area contributed by atoms with Gasteiger partial charge in [-0.15, -0.1) is 11.8 Å². The molecule has 0 bridgehead atoms. The fourth-order valence-corrected chi connectivity index (χ4v) is 4.42. The van der Waals surface area contributed by atoms with Gasteiger partial charge in [-0.05, 0) is 57.5 Å². The number of aryl methyl sites for hydroxylation is 1. The van der Waals surface area contributed by atoms with Gasteiger partial charge >= 0.3 is 0 Å². The van der Waals surface area contributed by atoms with Crippen molar-refractivity contribution in [3.63, 3.8) is 0 Å². The number of ether oxygens (including phenoxy) is 1. The lowest BCUT2D eigenvalue weighted by Crippen LogP contribution is -2.41. The summed E-state index contributed by atoms with van der Waals surface area (Å²) in [5.41, 5.74) is 1.16. The molecule has 2 heterocycles. The summed E-state index contributed by atoms with van der Waals surface area (Å²) < 4.78 is 10.2. The molecule has 0 spiro atoms. The summed E-state index contributed by atoms with van der Waals surface area (Å²) in [6.45, 7) is 6.12. The van der Waals surface area contributed by atoms with Crippen LogP contribution in [0.25, 0.3) is 0 Å². The number of benzene rings is 1. The van der Waals surface area contributed by atoms with Crippen molar-refractivity contribution in [3.8, 4) is 5.75 Å². The van der Waals surface area contributed by atoms with Crippen LogP contribution in [0.3, 0.4) is 0 Å². The third-order valence-corrected chi connectivity index (χ3v) is 6.68. The van der Waals surface area contributed by atoms with Crippen LogP contribution < -0.4 is 15.4 Å². The molecule has 1 aromatic carbocycles. The van der Waals surface area contributed by atoms with E-state index in [2.05, 4.69) is 32.8 Å². The van der Waals surface area contributed by atoms with E-state index >= 15 is 0 Å². The van der Waals surface area contributed by atoms with Crippen LogP contribution in [0.1, 0.15) is 43.6 Å². The summed E-state index contributed by atoms with van der Waals surface area (Å²) in [5, 5.41) is 9.13. The van der Waals surface area contributed by atoms with E-state index in [0.29, 0.717) is 18.1 Å². The molecule has 0 aliphatic carbocycles. The second kappa shape index (κ2) is 11.9. The Hall–Kier alpha value is -2.52. The van der Waals surface area contributed by atoms with Gasteiger partial charge < -0.3 is 19.9 Å². The first-order valence-corrected chi connectivity index (χ1v) is 12.0. The number of hydrogen-bond acceptors (Lipinski definition) is 7. The third-order valence-electron chi connectivity index (χ3n) is 5.54. The van der Waals surface area contributed by atoms with Gasteiger partial charge in [0.15, 0.2) is 5.82 Å². The van der Waals surface area contributed by atoms with Crippen molar-refractivity contribution in [1.82, 2.24) is 15.4 Å². The second-order valence-electron chi connectivity index (χ2n) is 7.95. The zero-order chi connectivity index (χ0) is 22.9. The molecule has 2 aromatic rings. The summed E-state index contributed by atoms with van der Waals surface area (Å²) >= 11 is 1.29. The Kier molecular flexibility index (Phi) is 8.99. The maximum Gasteiger partial charge on any atom is 0.238 e. The van der Waals surface area contributed by atoms with E-state index in [4.69, 9.17) is 9.26 Å². The van der Waals surface area contributed by atoms with Crippen molar-refractivity contribution in [1.29, 1.82) is 0 Å². The van der Waals surface area contributed by atoms with Crippen LogP contribution in [0.5, 0.6) is 5.75 Å². The molecular weight excluding hydrogens is 428 g/mol. The molecule has 0 saturated carbocycles. The molecule has 1 fully saturated rings. The van der Waals surface area contributed by atoms with E-state index in [-0.39, 0.29) is 23.6 Å². The standard InChI is InChI=1S/C23H32N4O4S/c1-16-13-21(26-31-16)25-23(29)17(2)32-15-22(28)24-14-20(27-11-5-4-6-12-27)18-7-9-19(30-3)10-8-18/h7-10,13,17,20H,4-6,11-12,14-15H2,1-3H3,(H,24,28)(H,25,26,29)/t17-,20-/m0/s1. The minimum Gasteiger partial charge on any atom is -0.497 e. The number of rotatable bonds is 10. The Labute approximate surface area is 193 Å². The summed E-state index contributed by atoms with van der Waals surface area (Å²) in [6.07, 6.45) is 3.60. The lowest BCUT2D eigenvalue weighted by molar-refractivity contribution is -0.118. The summed E-state index contributed by atoms with van der Waals surface area (Å²) in [5.74, 6) is 1.75. The highest BCUT2D eigenvalue weighted by Crippen LogP contribution is 2.26. The van der Waals surface area contributed by atoms with Crippen LogP contribution in [0, 0.1) is 6.92 Å². The van der Waals surface area contributed by atoms with Gasteiger partial charge in [0.1, 0.15) is 11.5 Å². The number of hydrogen-bond donors (Lipinski definition) is 2. The average molecular weight is 461 g/mol. The number of likely N-dealkylation sites (tertiary alicyclic amines) is 1. The monoisotopic (exact) mass is 460 g/mol. The number of piperidine rings is 1. The zero-order valence-corrected chi connectivity index (χ0v) is 19.7. The number of carbonyl (C=O) groups is 2. The minimum absolute atomic E-state index is 0.0811. The van der Waals surface area contributed by atoms with Gasteiger partial charge in [-0.25, -0.2) is 0 Å². The van der Waals surface area contributed by atoms with Gasteiger partial charge in [0.2, 0.25) is 11.8 Å². The Morgan fingerprint density at radius 2 is 1.94 bits per heavy atom. The molecule has 1 aliphatic rings. The van der Waals surface area contributed by atoms with Crippen molar-refractivity contribution in [2.75, 3.05) is 37.8 Å². The molecule has 0 unspecified atom stereocenters. The lowest BCUT2D eigenvalue weighted by atomic mass is 10.0. The van der Waals surface area contributed by atoms with Gasteiger partial charge in [-0.1, -0.05) is 23.7 Å². The maximum atomic E-state index is 12.5. The average Bonchev–Trinajstić information content (AvgIpc) is 3.23. The van der Waals surface area contributed by atoms with Crippen LogP contribution in [-0.2, 0) is 9.59 Å². The van der Waals surface area contributed by atoms with E-state index in [9.17, 15) is 9.59 Å². The van der Waals surface area contributed by atoms with E-state index in [0.717, 1.165) is 24.4 Å². The highest BCUT2D eigenvalue weighted by atomic mass is 32.2. The number of amides is 2. The maximum absolute atomic E-state index is 12.5. The summed E-state index contributed by atoms with van der Waals surface area (Å²) in [7, 11) is 1.66. The first-order chi connectivity index (χ1) is 15.5. The molecule has 1 saturated heterocycles. The number of thioether (sulfide) groups is 1. The number of carbonyl (C=O) groups excluding carboxylic acids is 2. The zero-order valence-electron chi connectivity index (χ0n) is 18.9. The number of methoxy groups -OCH3 is 1. The van der Waals surface area contributed by atoms with Gasteiger partial charge in [0, 0.05) is 12.6 Å². The Bertz CT molecular complexity index is 880. The predicted octanol–water partition coefficient (Wildman–Crippen LogP) is 3.40. The van der Waals surface area contributed by atoms with Crippen LogP contribution in [0.2, 0.25) is 0 Å². The molecule has 2 N–H and O–H groups in total. The van der Waals surface area contributed by atoms with Gasteiger partial charge in [0.25, 0.3) is 0 Å². The Morgan fingerprint density at radius 3 is 2.56 bits per heavy atom. The molecule has 9 heteroatoms. The van der Waals surface area contributed by atoms with Crippen molar-refractivity contribution in [3.05, 3.63) is 41.7 Å². The van der Waals surface area contributed by atoms with Crippen LogP contribution in [0.15, 0.2) is 34.9 Å².